The van der Waals surface area contributed by atoms with Gasteiger partial charge in [-0.3, -0.25) is 0 Å². The van der Waals surface area contributed by atoms with Gasteiger partial charge in [-0.2, -0.15) is 0 Å². The van der Waals surface area contributed by atoms with Gasteiger partial charge in [0.15, 0.2) is 0 Å². The molecule has 0 aromatic carbocycles. The molecule has 0 heterocycles. The second-order valence-electron chi connectivity index (χ2n) is 1.08. The van der Waals surface area contributed by atoms with Crippen LogP contribution in [0, 0.1) is 0 Å². The number of rotatable bonds is 2. The fourth-order valence-corrected chi connectivity index (χ4v) is 0.158. The van der Waals surface area contributed by atoms with Crippen molar-refractivity contribution in [3.63, 3.8) is 0 Å². The zero-order valence-corrected chi connectivity index (χ0v) is 6.26. The Kier molecular flexibility index (Phi) is 24.2. The van der Waals surface area contributed by atoms with Crippen molar-refractivity contribution < 1.29 is 20.2 Å². The summed E-state index contributed by atoms with van der Waals surface area (Å²) in [5, 5.41) is 8.07. The normalized spacial score (nSPS) is 6.86. The Morgan fingerprint density at radius 2 is 2.00 bits per heavy atom. The topological polar surface area (TPSA) is 20.2 Å². The Balaban J connectivity index is 0. The van der Waals surface area contributed by atoms with Crippen LogP contribution in [0.3, 0.4) is 0 Å². The van der Waals surface area contributed by atoms with Crippen molar-refractivity contribution in [2.75, 3.05) is 6.61 Å². The van der Waals surface area contributed by atoms with Gasteiger partial charge in [-0.15, -0.1) is 0 Å². The van der Waals surface area contributed by atoms with E-state index in [1.165, 1.54) is 0 Å². The second-order valence-corrected chi connectivity index (χ2v) is 1.08. The Bertz CT molecular complexity index is 19.2. The monoisotopic (exact) mass is 164 g/mol. The number of hydrogen-bond donors (Lipinski definition) is 1. The number of unbranched alkanes of at least 4 members (excludes halogenated alkanes) is 1. The van der Waals surface area contributed by atoms with Crippen molar-refractivity contribution >= 4 is 10.1 Å². The molecule has 0 atom stereocenters. The molecule has 0 rings (SSSR count). The summed E-state index contributed by atoms with van der Waals surface area (Å²) in [7, 11) is 4.45. The van der Waals surface area contributed by atoms with Crippen LogP contribution in [0.25, 0.3) is 0 Å². The van der Waals surface area contributed by atoms with Crippen LogP contribution in [0.4, 0.5) is 0 Å². The molecule has 46 valence electrons. The number of aliphatic hydroxyl groups is 1. The first-order valence-corrected chi connectivity index (χ1v) is 3.79. The van der Waals surface area contributed by atoms with Crippen molar-refractivity contribution in [2.45, 2.75) is 19.8 Å². The molecule has 1 nitrogen and oxygen atoms in total. The summed E-state index contributed by atoms with van der Waals surface area (Å²) in [4.78, 5) is 0. The molecule has 0 aliphatic carbocycles. The molecule has 0 radical (unpaired) electrons. The van der Waals surface area contributed by atoms with Crippen LogP contribution in [-0.4, -0.2) is 11.7 Å². The van der Waals surface area contributed by atoms with E-state index in [2.05, 4.69) is 32.1 Å². The summed E-state index contributed by atoms with van der Waals surface area (Å²) < 4.78 is 0. The van der Waals surface area contributed by atoms with Gasteiger partial charge in [0.05, 0.1) is 0 Å². The van der Waals surface area contributed by atoms with Gasteiger partial charge in [0.25, 0.3) is 0 Å². The molecule has 0 aliphatic heterocycles. The zero-order chi connectivity index (χ0) is 6.12. The Hall–Kier alpha value is 0.769. The van der Waals surface area contributed by atoms with Gasteiger partial charge in [0.1, 0.15) is 0 Å². The Morgan fingerprint density at radius 3 is 2.00 bits per heavy atom. The Morgan fingerprint density at radius 1 is 1.57 bits per heavy atom. The Labute approximate surface area is 57.1 Å². The third-order valence-electron chi connectivity index (χ3n) is 0.512. The molecule has 0 amide bonds. The molecule has 0 spiro atoms. The third kappa shape index (κ3) is 20.1. The van der Waals surface area contributed by atoms with E-state index in [9.17, 15) is 0 Å². The number of hydrogen-bond acceptors (Lipinski definition) is 1. The van der Waals surface area contributed by atoms with Gasteiger partial charge in [-0.1, -0.05) is 13.3 Å². The fourth-order valence-electron chi connectivity index (χ4n) is 0.158. The minimum atomic E-state index is 0.344. The van der Waals surface area contributed by atoms with Crippen molar-refractivity contribution in [1.29, 1.82) is 0 Å². The first kappa shape index (κ1) is 10.7. The van der Waals surface area contributed by atoms with Gasteiger partial charge in [0, 0.05) is 6.61 Å². The molecule has 0 aromatic heterocycles. The van der Waals surface area contributed by atoms with Crippen molar-refractivity contribution in [1.82, 2.24) is 0 Å². The van der Waals surface area contributed by atoms with Gasteiger partial charge >= 0.3 is 25.2 Å². The van der Waals surface area contributed by atoms with Crippen LogP contribution >= 0.6 is 10.1 Å². The molecule has 7 heavy (non-hydrogen) atoms. The molecular formula is C4H10ClMnO. The van der Waals surface area contributed by atoms with E-state index < -0.39 is 0 Å². The van der Waals surface area contributed by atoms with E-state index in [-0.39, 0.29) is 0 Å². The summed E-state index contributed by atoms with van der Waals surface area (Å²) in [6.07, 6.45) is 2.04. The van der Waals surface area contributed by atoms with Gasteiger partial charge in [0.2, 0.25) is 0 Å². The maximum atomic E-state index is 8.07. The summed E-state index contributed by atoms with van der Waals surface area (Å²) in [6, 6.07) is 0. The average molecular weight is 165 g/mol. The van der Waals surface area contributed by atoms with Crippen LogP contribution < -0.4 is 0 Å². The van der Waals surface area contributed by atoms with Crippen LogP contribution in [-0.2, 0) is 15.1 Å². The number of aliphatic hydroxyl groups excluding tert-OH is 1. The van der Waals surface area contributed by atoms with E-state index >= 15 is 0 Å². The molecule has 0 unspecified atom stereocenters. The molecule has 0 aliphatic rings. The van der Waals surface area contributed by atoms with Crippen molar-refractivity contribution in [3.8, 4) is 0 Å². The molecule has 0 bridgehead atoms. The van der Waals surface area contributed by atoms with Crippen LogP contribution in [0.1, 0.15) is 19.8 Å². The molecule has 0 fully saturated rings. The molecular weight excluding hydrogens is 154 g/mol. The second kappa shape index (κ2) is 15.9. The van der Waals surface area contributed by atoms with Crippen LogP contribution in [0.5, 0.6) is 0 Å². The maximum absolute atomic E-state index is 8.07. The molecule has 0 saturated carbocycles. The van der Waals surface area contributed by atoms with Gasteiger partial charge < -0.3 is 5.11 Å². The summed E-state index contributed by atoms with van der Waals surface area (Å²) >= 11 is 2.41. The minimum absolute atomic E-state index is 0.344. The SMILES string of the molecule is CCCCO.[Cl][Mn]. The van der Waals surface area contributed by atoms with Crippen LogP contribution in [0.2, 0.25) is 0 Å². The predicted octanol–water partition coefficient (Wildman–Crippen LogP) is 1.47. The summed E-state index contributed by atoms with van der Waals surface area (Å²) in [5.74, 6) is 0. The quantitative estimate of drug-likeness (QED) is 0.613. The van der Waals surface area contributed by atoms with Crippen LogP contribution in [0.15, 0.2) is 0 Å². The van der Waals surface area contributed by atoms with E-state index in [0.29, 0.717) is 6.61 Å². The first-order chi connectivity index (χ1) is 3.41. The summed E-state index contributed by atoms with van der Waals surface area (Å²) in [6.45, 7) is 2.40. The van der Waals surface area contributed by atoms with E-state index in [4.69, 9.17) is 5.11 Å². The molecule has 1 N–H and O–H groups in total. The van der Waals surface area contributed by atoms with E-state index in [1.54, 1.807) is 0 Å². The first-order valence-electron chi connectivity index (χ1n) is 2.17. The van der Waals surface area contributed by atoms with E-state index in [0.717, 1.165) is 12.8 Å². The predicted molar refractivity (Wildman–Crippen MR) is 27.8 cm³/mol. The standard InChI is InChI=1S/C4H10O.ClH.Mn/c1-2-3-4-5;;/h5H,2-4H2,1H3;1H;/q;;+1/p-1. The third-order valence-corrected chi connectivity index (χ3v) is 0.512. The van der Waals surface area contributed by atoms with E-state index in [1.807, 2.05) is 0 Å². The average Bonchev–Trinajstić information content (AvgIpc) is 1.75. The molecule has 0 saturated heterocycles. The summed E-state index contributed by atoms with van der Waals surface area (Å²) in [5.41, 5.74) is 0. The van der Waals surface area contributed by atoms with Gasteiger partial charge in [-0.05, 0) is 6.42 Å². The van der Waals surface area contributed by atoms with Gasteiger partial charge in [-0.25, -0.2) is 0 Å². The zero-order valence-electron chi connectivity index (χ0n) is 4.32. The fraction of sp³-hybridized carbons (Fsp3) is 1.00. The molecule has 3 heteroatoms. The number of halogens is 1. The van der Waals surface area contributed by atoms with Crippen molar-refractivity contribution in [3.05, 3.63) is 0 Å². The van der Waals surface area contributed by atoms with Crippen molar-refractivity contribution in [2.24, 2.45) is 0 Å². The molecule has 0 aromatic rings.